The zero-order chi connectivity index (χ0) is 31.4. The molecule has 44 heavy (non-hydrogen) atoms. The maximum Gasteiger partial charge on any atom is 0.410 e. The number of esters is 1. The number of nitro groups is 1. The maximum atomic E-state index is 13.0. The van der Waals surface area contributed by atoms with Crippen molar-refractivity contribution in [3.63, 3.8) is 0 Å². The number of alkyl halides is 1. The van der Waals surface area contributed by atoms with Gasteiger partial charge in [0.25, 0.3) is 5.69 Å². The molecule has 2 aliphatic heterocycles. The minimum atomic E-state index is -0.920. The van der Waals surface area contributed by atoms with Gasteiger partial charge in [-0.05, 0) is 64.3 Å². The van der Waals surface area contributed by atoms with E-state index in [1.54, 1.807) is 4.90 Å². The molecule has 1 aliphatic carbocycles. The molecule has 0 N–H and O–H groups in total. The molecule has 3 aromatic rings. The summed E-state index contributed by atoms with van der Waals surface area (Å²) in [6.45, 7) is 9.28. The Morgan fingerprint density at radius 2 is 1.75 bits per heavy atom. The van der Waals surface area contributed by atoms with Crippen LogP contribution in [0.25, 0.3) is 0 Å². The first-order valence-corrected chi connectivity index (χ1v) is 15.0. The highest BCUT2D eigenvalue weighted by atomic mass is 35.5. The average molecular weight is 620 g/mol. The molecule has 3 aliphatic rings. The predicted molar refractivity (Wildman–Crippen MR) is 163 cm³/mol. The number of fused-ring (bicyclic) bond motifs is 3. The second-order valence-corrected chi connectivity index (χ2v) is 13.7. The molecule has 230 valence electrons. The molecule has 11 nitrogen and oxygen atoms in total. The zero-order valence-corrected chi connectivity index (χ0v) is 25.8. The van der Waals surface area contributed by atoms with E-state index in [-0.39, 0.29) is 22.8 Å². The number of hydrogen-bond acceptors (Lipinski definition) is 9. The third-order valence-electron chi connectivity index (χ3n) is 8.67. The number of para-hydroxylation sites is 1. The van der Waals surface area contributed by atoms with Crippen LogP contribution in [0.1, 0.15) is 80.2 Å². The van der Waals surface area contributed by atoms with Crippen molar-refractivity contribution < 1.29 is 24.0 Å². The Morgan fingerprint density at radius 1 is 1.07 bits per heavy atom. The standard InChI is InChI=1S/C32H34ClN5O6/c1-30(2,3)44-29(40)36-15-13-32(14-16-36)18-37(23-8-6-5-7-22(23)32)27-25-26(34-19-35-27)24(17-31(25,4)33)43-28(39)20-9-11-21(12-10-20)38(41)42/h5-12,19,24H,13-18H2,1-4H3/t24-,31-/m1/s1. The minimum Gasteiger partial charge on any atom is -0.452 e. The number of likely N-dealkylation sites (tertiary alicyclic amines) is 1. The Morgan fingerprint density at radius 3 is 2.41 bits per heavy atom. The van der Waals surface area contributed by atoms with Crippen LogP contribution in [0.5, 0.6) is 0 Å². The highest BCUT2D eigenvalue weighted by molar-refractivity contribution is 6.24. The minimum absolute atomic E-state index is 0.113. The van der Waals surface area contributed by atoms with Gasteiger partial charge < -0.3 is 19.3 Å². The number of hydrogen-bond donors (Lipinski definition) is 0. The number of nitrogens with zero attached hydrogens (tertiary/aromatic N) is 5. The molecule has 0 saturated carbocycles. The first kappa shape index (κ1) is 29.8. The molecule has 6 rings (SSSR count). The smallest absolute Gasteiger partial charge is 0.410 e. The van der Waals surface area contributed by atoms with E-state index in [0.717, 1.165) is 18.5 Å². The van der Waals surface area contributed by atoms with E-state index in [9.17, 15) is 19.7 Å². The van der Waals surface area contributed by atoms with E-state index in [1.807, 2.05) is 39.8 Å². The number of nitro benzene ring substituents is 1. The van der Waals surface area contributed by atoms with Crippen molar-refractivity contribution in [2.45, 2.75) is 69.0 Å². The van der Waals surface area contributed by atoms with Crippen LogP contribution in [0.2, 0.25) is 0 Å². The van der Waals surface area contributed by atoms with Gasteiger partial charge in [-0.2, -0.15) is 0 Å². The van der Waals surface area contributed by atoms with Crippen LogP contribution in [0.4, 0.5) is 22.0 Å². The number of ether oxygens (including phenoxy) is 2. The van der Waals surface area contributed by atoms with Crippen molar-refractivity contribution in [1.29, 1.82) is 0 Å². The molecule has 1 amide bonds. The van der Waals surface area contributed by atoms with Gasteiger partial charge in [0.2, 0.25) is 0 Å². The Labute approximate surface area is 260 Å². The van der Waals surface area contributed by atoms with Crippen LogP contribution < -0.4 is 4.90 Å². The summed E-state index contributed by atoms with van der Waals surface area (Å²) in [4.78, 5) is 48.6. The second-order valence-electron chi connectivity index (χ2n) is 12.9. The number of halogens is 1. The molecule has 1 spiro atoms. The van der Waals surface area contributed by atoms with Crippen LogP contribution in [0.15, 0.2) is 54.9 Å². The normalized spacial score (nSPS) is 22.0. The predicted octanol–water partition coefficient (Wildman–Crippen LogP) is 6.56. The van der Waals surface area contributed by atoms with E-state index in [0.29, 0.717) is 43.1 Å². The molecular weight excluding hydrogens is 586 g/mol. The van der Waals surface area contributed by atoms with E-state index >= 15 is 0 Å². The summed E-state index contributed by atoms with van der Waals surface area (Å²) >= 11 is 7.14. The summed E-state index contributed by atoms with van der Waals surface area (Å²) in [6.07, 6.45) is 2.27. The largest absolute Gasteiger partial charge is 0.452 e. The second kappa shape index (κ2) is 10.7. The highest BCUT2D eigenvalue weighted by Gasteiger charge is 2.50. The number of carbonyl (C=O) groups excluding carboxylic acids is 2. The van der Waals surface area contributed by atoms with Gasteiger partial charge in [-0.15, -0.1) is 11.6 Å². The van der Waals surface area contributed by atoms with Crippen molar-refractivity contribution in [2.24, 2.45) is 0 Å². The number of rotatable bonds is 4. The zero-order valence-electron chi connectivity index (χ0n) is 25.1. The third-order valence-corrected chi connectivity index (χ3v) is 9.01. The Balaban J connectivity index is 1.27. The van der Waals surface area contributed by atoms with Crippen LogP contribution in [0.3, 0.4) is 0 Å². The summed E-state index contributed by atoms with van der Waals surface area (Å²) in [7, 11) is 0. The lowest BCUT2D eigenvalue weighted by molar-refractivity contribution is -0.384. The molecule has 1 aromatic heterocycles. The van der Waals surface area contributed by atoms with Crippen LogP contribution in [-0.2, 0) is 19.8 Å². The summed E-state index contributed by atoms with van der Waals surface area (Å²) in [5.41, 5.74) is 2.81. The van der Waals surface area contributed by atoms with Gasteiger partial charge in [-0.3, -0.25) is 10.1 Å². The number of amides is 1. The Bertz CT molecular complexity index is 1630. The lowest BCUT2D eigenvalue weighted by atomic mass is 9.74. The molecule has 3 heterocycles. The Hall–Kier alpha value is -4.25. The summed E-state index contributed by atoms with van der Waals surface area (Å²) < 4.78 is 11.5. The SMILES string of the molecule is CC(C)(C)OC(=O)N1CCC2(CC1)CN(c1ncnc3c1[C@](C)(Cl)C[C@H]3OC(=O)c1ccc([N+](=O)[O-])cc1)c1ccccc12. The van der Waals surface area contributed by atoms with E-state index in [4.69, 9.17) is 26.1 Å². The first-order chi connectivity index (χ1) is 20.8. The van der Waals surface area contributed by atoms with Crippen molar-refractivity contribution in [1.82, 2.24) is 14.9 Å². The van der Waals surface area contributed by atoms with E-state index < -0.39 is 27.5 Å². The van der Waals surface area contributed by atoms with Gasteiger partial charge in [0.15, 0.2) is 0 Å². The van der Waals surface area contributed by atoms with Crippen molar-refractivity contribution in [3.8, 4) is 0 Å². The number of benzene rings is 2. The quantitative estimate of drug-likeness (QED) is 0.138. The molecule has 0 unspecified atom stereocenters. The van der Waals surface area contributed by atoms with Crippen LogP contribution in [0, 0.1) is 10.1 Å². The highest BCUT2D eigenvalue weighted by Crippen LogP contribution is 2.55. The molecular formula is C32H34ClN5O6. The van der Waals surface area contributed by atoms with Gasteiger partial charge in [-0.1, -0.05) is 18.2 Å². The van der Waals surface area contributed by atoms with Gasteiger partial charge in [0.1, 0.15) is 23.9 Å². The summed E-state index contributed by atoms with van der Waals surface area (Å²) in [5, 5.41) is 11.0. The summed E-state index contributed by atoms with van der Waals surface area (Å²) in [6, 6.07) is 13.5. The van der Waals surface area contributed by atoms with E-state index in [1.165, 1.54) is 36.2 Å². The third kappa shape index (κ3) is 5.34. The number of non-ortho nitro benzene ring substituents is 1. The fraction of sp³-hybridized carbons (Fsp3) is 0.438. The fourth-order valence-corrected chi connectivity index (χ4v) is 6.91. The van der Waals surface area contributed by atoms with E-state index in [2.05, 4.69) is 22.0 Å². The molecule has 12 heteroatoms. The first-order valence-electron chi connectivity index (χ1n) is 14.6. The van der Waals surface area contributed by atoms with Crippen molar-refractivity contribution in [3.05, 3.63) is 87.4 Å². The fourth-order valence-electron chi connectivity index (χ4n) is 6.59. The molecule has 1 fully saturated rings. The maximum absolute atomic E-state index is 13.0. The summed E-state index contributed by atoms with van der Waals surface area (Å²) in [5.74, 6) is 0.0490. The number of carbonyl (C=O) groups is 2. The van der Waals surface area contributed by atoms with Crippen molar-refractivity contribution in [2.75, 3.05) is 24.5 Å². The molecule has 2 atom stereocenters. The topological polar surface area (TPSA) is 128 Å². The monoisotopic (exact) mass is 619 g/mol. The average Bonchev–Trinajstić information content (AvgIpc) is 3.43. The van der Waals surface area contributed by atoms with Crippen molar-refractivity contribution >= 4 is 40.9 Å². The Kier molecular flexibility index (Phi) is 7.27. The lowest BCUT2D eigenvalue weighted by Gasteiger charge is -2.40. The lowest BCUT2D eigenvalue weighted by Crippen LogP contribution is -2.48. The number of piperidine rings is 1. The van der Waals surface area contributed by atoms with Crippen LogP contribution in [-0.4, -0.2) is 57.1 Å². The van der Waals surface area contributed by atoms with Gasteiger partial charge >= 0.3 is 12.1 Å². The number of anilines is 2. The molecule has 0 radical (unpaired) electrons. The van der Waals surface area contributed by atoms with Gasteiger partial charge in [-0.25, -0.2) is 19.6 Å². The van der Waals surface area contributed by atoms with Gasteiger partial charge in [0.05, 0.1) is 21.1 Å². The van der Waals surface area contributed by atoms with Gasteiger partial charge in [0, 0.05) is 54.9 Å². The molecule has 2 aromatic carbocycles. The van der Waals surface area contributed by atoms with Crippen LogP contribution >= 0.6 is 11.6 Å². The molecule has 0 bridgehead atoms. The molecule has 1 saturated heterocycles. The number of aromatic nitrogens is 2.